The third-order valence-corrected chi connectivity index (χ3v) is 4.74. The molecule has 0 saturated heterocycles. The fraction of sp³-hybridized carbons (Fsp3) is 0. The van der Waals surface area contributed by atoms with Crippen LogP contribution in [0.25, 0.3) is 5.69 Å². The molecule has 0 bridgehead atoms. The minimum atomic E-state index is -0.390. The number of benzene rings is 3. The Morgan fingerprint density at radius 1 is 0.871 bits per heavy atom. The van der Waals surface area contributed by atoms with Gasteiger partial charge in [0.15, 0.2) is 0 Å². The van der Waals surface area contributed by atoms with Crippen molar-refractivity contribution in [3.8, 4) is 5.69 Å². The maximum absolute atomic E-state index is 13.0. The second-order valence-electron chi connectivity index (χ2n) is 6.61. The minimum absolute atomic E-state index is 0.235. The van der Waals surface area contributed by atoms with E-state index in [0.717, 1.165) is 5.69 Å². The molecule has 4 rings (SSSR count). The van der Waals surface area contributed by atoms with Crippen LogP contribution in [0.4, 0.5) is 0 Å². The van der Waals surface area contributed by atoms with E-state index >= 15 is 0 Å². The highest BCUT2D eigenvalue weighted by Crippen LogP contribution is 2.15. The molecule has 4 aromatic rings. The molecule has 1 heterocycles. The van der Waals surface area contributed by atoms with Gasteiger partial charge < -0.3 is 0 Å². The maximum atomic E-state index is 13.0. The second kappa shape index (κ2) is 9.19. The van der Waals surface area contributed by atoms with Crippen LogP contribution in [-0.2, 0) is 0 Å². The summed E-state index contributed by atoms with van der Waals surface area (Å²) in [4.78, 5) is 25.3. The van der Waals surface area contributed by atoms with E-state index in [4.69, 9.17) is 11.6 Å². The van der Waals surface area contributed by atoms with Crippen molar-refractivity contribution < 1.29 is 9.59 Å². The van der Waals surface area contributed by atoms with Crippen LogP contribution in [0.5, 0.6) is 0 Å². The van der Waals surface area contributed by atoms with Crippen molar-refractivity contribution in [3.63, 3.8) is 0 Å². The van der Waals surface area contributed by atoms with Crippen molar-refractivity contribution in [2.75, 3.05) is 0 Å². The number of ketones is 1. The van der Waals surface area contributed by atoms with Crippen LogP contribution in [0, 0.1) is 0 Å². The Balaban J connectivity index is 1.62. The van der Waals surface area contributed by atoms with Crippen molar-refractivity contribution >= 4 is 29.5 Å². The highest BCUT2D eigenvalue weighted by atomic mass is 35.5. The number of hydrazone groups is 1. The first kappa shape index (κ1) is 20.3. The number of para-hydroxylation sites is 1. The van der Waals surface area contributed by atoms with Crippen LogP contribution >= 0.6 is 11.6 Å². The monoisotopic (exact) mass is 428 g/mol. The lowest BCUT2D eigenvalue weighted by atomic mass is 10.1. The average molecular weight is 429 g/mol. The molecule has 31 heavy (non-hydrogen) atoms. The molecular weight excluding hydrogens is 412 g/mol. The predicted octanol–water partition coefficient (Wildman–Crippen LogP) is 4.52. The predicted molar refractivity (Wildman–Crippen MR) is 120 cm³/mol. The highest BCUT2D eigenvalue weighted by molar-refractivity contribution is 6.30. The van der Waals surface area contributed by atoms with Gasteiger partial charge in [-0.3, -0.25) is 9.59 Å². The maximum Gasteiger partial charge on any atom is 0.271 e. The molecular formula is C24H17ClN4O2. The first-order valence-electron chi connectivity index (χ1n) is 9.45. The molecule has 6 nitrogen and oxygen atoms in total. The molecule has 7 heteroatoms. The van der Waals surface area contributed by atoms with Gasteiger partial charge in [0.25, 0.3) is 5.91 Å². The van der Waals surface area contributed by atoms with E-state index in [-0.39, 0.29) is 17.4 Å². The van der Waals surface area contributed by atoms with Crippen LogP contribution in [0.2, 0.25) is 5.02 Å². The number of nitrogens with one attached hydrogen (secondary N) is 1. The number of halogens is 1. The number of carbonyl (C=O) groups is 2. The first-order valence-corrected chi connectivity index (χ1v) is 9.83. The molecule has 0 atom stereocenters. The summed E-state index contributed by atoms with van der Waals surface area (Å²) >= 11 is 5.85. The zero-order valence-corrected chi connectivity index (χ0v) is 17.0. The summed E-state index contributed by atoms with van der Waals surface area (Å²) in [6.45, 7) is 0. The Bertz CT molecular complexity index is 1230. The molecule has 0 aliphatic heterocycles. The topological polar surface area (TPSA) is 76.3 Å². The van der Waals surface area contributed by atoms with E-state index in [1.807, 2.05) is 36.4 Å². The summed E-state index contributed by atoms with van der Waals surface area (Å²) in [7, 11) is 0. The van der Waals surface area contributed by atoms with Crippen LogP contribution in [0.15, 0.2) is 96.2 Å². The largest absolute Gasteiger partial charge is 0.287 e. The lowest BCUT2D eigenvalue weighted by molar-refractivity contribution is 0.0954. The Morgan fingerprint density at radius 3 is 2.19 bits per heavy atom. The molecule has 152 valence electrons. The number of rotatable bonds is 6. The Kier molecular flexibility index (Phi) is 6.01. The Hall–Kier alpha value is -4.03. The molecule has 1 N–H and O–H groups in total. The van der Waals surface area contributed by atoms with Gasteiger partial charge in [0.1, 0.15) is 5.69 Å². The summed E-state index contributed by atoms with van der Waals surface area (Å²) in [5.41, 5.74) is 4.91. The van der Waals surface area contributed by atoms with Gasteiger partial charge in [-0.1, -0.05) is 60.1 Å². The van der Waals surface area contributed by atoms with Gasteiger partial charge >= 0.3 is 0 Å². The van der Waals surface area contributed by atoms with E-state index in [9.17, 15) is 9.59 Å². The van der Waals surface area contributed by atoms with Crippen molar-refractivity contribution in [2.24, 2.45) is 5.10 Å². The molecule has 0 radical (unpaired) electrons. The first-order chi connectivity index (χ1) is 15.1. The summed E-state index contributed by atoms with van der Waals surface area (Å²) in [5.74, 6) is -0.625. The second-order valence-corrected chi connectivity index (χ2v) is 7.05. The van der Waals surface area contributed by atoms with E-state index < -0.39 is 0 Å². The number of hydrogen-bond acceptors (Lipinski definition) is 4. The molecule has 3 aromatic carbocycles. The Labute approximate surface area is 183 Å². The van der Waals surface area contributed by atoms with Crippen LogP contribution in [0.1, 0.15) is 32.0 Å². The van der Waals surface area contributed by atoms with Gasteiger partial charge in [-0.25, -0.2) is 10.1 Å². The number of aromatic nitrogens is 2. The van der Waals surface area contributed by atoms with Crippen molar-refractivity contribution in [2.45, 2.75) is 0 Å². The molecule has 0 fully saturated rings. The van der Waals surface area contributed by atoms with Gasteiger partial charge in [0, 0.05) is 27.9 Å². The SMILES string of the molecule is O=C(NN=Cc1cn(-c2ccccc2)nc1C(=O)c1ccccc1)c1ccc(Cl)cc1. The lowest BCUT2D eigenvalue weighted by Crippen LogP contribution is -2.17. The fourth-order valence-electron chi connectivity index (χ4n) is 2.92. The number of amides is 1. The summed E-state index contributed by atoms with van der Waals surface area (Å²) in [6, 6.07) is 24.8. The lowest BCUT2D eigenvalue weighted by Gasteiger charge is -2.00. The smallest absolute Gasteiger partial charge is 0.271 e. The molecule has 0 saturated carbocycles. The molecule has 0 aliphatic carbocycles. The Morgan fingerprint density at radius 2 is 1.52 bits per heavy atom. The quantitative estimate of drug-likeness (QED) is 0.278. The molecule has 1 aromatic heterocycles. The van der Waals surface area contributed by atoms with E-state index in [1.54, 1.807) is 59.4 Å². The van der Waals surface area contributed by atoms with Crippen LogP contribution in [0.3, 0.4) is 0 Å². The van der Waals surface area contributed by atoms with Crippen LogP contribution < -0.4 is 5.43 Å². The third-order valence-electron chi connectivity index (χ3n) is 4.49. The summed E-state index contributed by atoms with van der Waals surface area (Å²) in [5, 5.41) is 9.03. The zero-order chi connectivity index (χ0) is 21.6. The summed E-state index contributed by atoms with van der Waals surface area (Å²) < 4.78 is 1.61. The van der Waals surface area contributed by atoms with Crippen LogP contribution in [-0.4, -0.2) is 27.7 Å². The number of nitrogens with zero attached hydrogens (tertiary/aromatic N) is 3. The van der Waals surface area contributed by atoms with Gasteiger partial charge in [0.05, 0.1) is 11.9 Å². The van der Waals surface area contributed by atoms with Crippen molar-refractivity contribution in [3.05, 3.63) is 119 Å². The van der Waals surface area contributed by atoms with E-state index in [2.05, 4.69) is 15.6 Å². The zero-order valence-electron chi connectivity index (χ0n) is 16.3. The van der Waals surface area contributed by atoms with Crippen molar-refractivity contribution in [1.82, 2.24) is 15.2 Å². The summed E-state index contributed by atoms with van der Waals surface area (Å²) in [6.07, 6.45) is 3.11. The van der Waals surface area contributed by atoms with Gasteiger partial charge in [-0.15, -0.1) is 0 Å². The van der Waals surface area contributed by atoms with E-state index in [0.29, 0.717) is 21.7 Å². The molecule has 0 aliphatic rings. The van der Waals surface area contributed by atoms with E-state index in [1.165, 1.54) is 6.21 Å². The number of carbonyl (C=O) groups excluding carboxylic acids is 2. The highest BCUT2D eigenvalue weighted by Gasteiger charge is 2.18. The van der Waals surface area contributed by atoms with Gasteiger partial charge in [-0.2, -0.15) is 10.2 Å². The third kappa shape index (κ3) is 4.76. The minimum Gasteiger partial charge on any atom is -0.287 e. The fourth-order valence-corrected chi connectivity index (χ4v) is 3.05. The molecule has 0 spiro atoms. The standard InChI is InChI=1S/C24H17ClN4O2/c25-20-13-11-18(12-14-20)24(31)27-26-15-19-16-29(21-9-5-2-6-10-21)28-22(19)23(30)17-7-3-1-4-8-17/h1-16H,(H,27,31). The number of hydrogen-bond donors (Lipinski definition) is 1. The average Bonchev–Trinajstić information content (AvgIpc) is 3.24. The normalized spacial score (nSPS) is 10.9. The van der Waals surface area contributed by atoms with Gasteiger partial charge in [0.2, 0.25) is 5.78 Å². The van der Waals surface area contributed by atoms with Crippen molar-refractivity contribution in [1.29, 1.82) is 0 Å². The molecule has 1 amide bonds. The molecule has 0 unspecified atom stereocenters. The van der Waals surface area contributed by atoms with Gasteiger partial charge in [-0.05, 0) is 36.4 Å².